The molecule has 1 aromatic heterocycles. The quantitative estimate of drug-likeness (QED) is 0.839. The highest BCUT2D eigenvalue weighted by molar-refractivity contribution is 5.92. The van der Waals surface area contributed by atoms with Crippen LogP contribution in [0, 0.1) is 0 Å². The van der Waals surface area contributed by atoms with Crippen LogP contribution in [0.2, 0.25) is 0 Å². The Kier molecular flexibility index (Phi) is 5.48. The summed E-state index contributed by atoms with van der Waals surface area (Å²) < 4.78 is 5.78. The predicted octanol–water partition coefficient (Wildman–Crippen LogP) is 3.68. The zero-order valence-corrected chi connectivity index (χ0v) is 14.7. The molecule has 6 nitrogen and oxygen atoms in total. The van der Waals surface area contributed by atoms with Crippen LogP contribution in [0.4, 0.5) is 11.5 Å². The third-order valence-corrected chi connectivity index (χ3v) is 4.10. The van der Waals surface area contributed by atoms with Crippen molar-refractivity contribution in [1.29, 1.82) is 0 Å². The van der Waals surface area contributed by atoms with Crippen molar-refractivity contribution >= 4 is 17.4 Å². The molecule has 0 aliphatic heterocycles. The van der Waals surface area contributed by atoms with Crippen molar-refractivity contribution in [3.8, 4) is 5.75 Å². The number of aromatic nitrogens is 2. The molecule has 0 unspecified atom stereocenters. The van der Waals surface area contributed by atoms with Crippen molar-refractivity contribution in [2.75, 3.05) is 5.32 Å². The fourth-order valence-electron chi connectivity index (χ4n) is 2.91. The Balaban J connectivity index is 1.65. The highest BCUT2D eigenvalue weighted by atomic mass is 16.5. The molecule has 0 bridgehead atoms. The molecule has 132 valence electrons. The second-order valence-corrected chi connectivity index (χ2v) is 6.55. The Hall–Kier alpha value is -2.63. The number of carbonyl (C=O) groups excluding carboxylic acids is 1. The molecule has 1 aromatic carbocycles. The summed E-state index contributed by atoms with van der Waals surface area (Å²) in [6.07, 6.45) is 4.53. The molecular formula is C19H24N4O2. The van der Waals surface area contributed by atoms with E-state index in [-0.39, 0.29) is 18.1 Å². The van der Waals surface area contributed by atoms with Crippen LogP contribution in [0.25, 0.3) is 0 Å². The van der Waals surface area contributed by atoms with E-state index in [9.17, 15) is 4.79 Å². The van der Waals surface area contributed by atoms with Crippen LogP contribution in [0.3, 0.4) is 0 Å². The molecule has 0 atom stereocenters. The standard InChI is InChI=1S/C19H24N4O2/c1-13(2)25-17-10-6-5-9-15(17)21-18-12-11-16(22-23-18)19(24)20-14-7-3-4-8-14/h5-6,9-14H,3-4,7-8H2,1-2H3,(H,20,24)(H,21,23). The number of hydrogen-bond donors (Lipinski definition) is 2. The van der Waals surface area contributed by atoms with Gasteiger partial charge in [0.1, 0.15) is 5.75 Å². The summed E-state index contributed by atoms with van der Waals surface area (Å²) >= 11 is 0. The van der Waals surface area contributed by atoms with E-state index in [2.05, 4.69) is 20.8 Å². The van der Waals surface area contributed by atoms with Crippen molar-refractivity contribution in [3.63, 3.8) is 0 Å². The normalized spacial score (nSPS) is 14.5. The smallest absolute Gasteiger partial charge is 0.272 e. The number of hydrogen-bond acceptors (Lipinski definition) is 5. The van der Waals surface area contributed by atoms with Crippen LogP contribution in [0.15, 0.2) is 36.4 Å². The minimum Gasteiger partial charge on any atom is -0.489 e. The number of rotatable bonds is 6. The number of benzene rings is 1. The molecule has 0 saturated heterocycles. The largest absolute Gasteiger partial charge is 0.489 e. The van der Waals surface area contributed by atoms with E-state index in [1.54, 1.807) is 12.1 Å². The molecule has 0 spiro atoms. The van der Waals surface area contributed by atoms with Gasteiger partial charge in [0.05, 0.1) is 11.8 Å². The third kappa shape index (κ3) is 4.68. The molecule has 0 radical (unpaired) electrons. The molecule has 3 rings (SSSR count). The van der Waals surface area contributed by atoms with Gasteiger partial charge in [-0.15, -0.1) is 10.2 Å². The Morgan fingerprint density at radius 3 is 2.56 bits per heavy atom. The molecule has 1 fully saturated rings. The van der Waals surface area contributed by atoms with Gasteiger partial charge < -0.3 is 15.4 Å². The summed E-state index contributed by atoms with van der Waals surface area (Å²) in [5.74, 6) is 1.16. The molecule has 1 aliphatic carbocycles. The number of ether oxygens (including phenoxy) is 1. The Morgan fingerprint density at radius 1 is 1.12 bits per heavy atom. The van der Waals surface area contributed by atoms with Gasteiger partial charge >= 0.3 is 0 Å². The van der Waals surface area contributed by atoms with Gasteiger partial charge in [-0.1, -0.05) is 25.0 Å². The van der Waals surface area contributed by atoms with Gasteiger partial charge in [-0.25, -0.2) is 0 Å². The minimum absolute atomic E-state index is 0.0793. The maximum absolute atomic E-state index is 12.2. The van der Waals surface area contributed by atoms with Gasteiger partial charge in [0.25, 0.3) is 5.91 Å². The molecule has 1 heterocycles. The fraction of sp³-hybridized carbons (Fsp3) is 0.421. The zero-order valence-electron chi connectivity index (χ0n) is 14.7. The summed E-state index contributed by atoms with van der Waals surface area (Å²) in [5, 5.41) is 14.4. The fourth-order valence-corrected chi connectivity index (χ4v) is 2.91. The topological polar surface area (TPSA) is 76.1 Å². The first-order valence-electron chi connectivity index (χ1n) is 8.79. The Labute approximate surface area is 148 Å². The third-order valence-electron chi connectivity index (χ3n) is 4.10. The van der Waals surface area contributed by atoms with Crippen LogP contribution in [0.1, 0.15) is 50.0 Å². The van der Waals surface area contributed by atoms with Crippen molar-refractivity contribution < 1.29 is 9.53 Å². The average Bonchev–Trinajstić information content (AvgIpc) is 3.10. The van der Waals surface area contributed by atoms with Crippen molar-refractivity contribution in [2.45, 2.75) is 51.7 Å². The first-order valence-corrected chi connectivity index (χ1v) is 8.79. The second kappa shape index (κ2) is 7.96. The lowest BCUT2D eigenvalue weighted by Crippen LogP contribution is -2.33. The van der Waals surface area contributed by atoms with E-state index in [0.717, 1.165) is 24.3 Å². The molecule has 1 aliphatic rings. The van der Waals surface area contributed by atoms with E-state index in [1.807, 2.05) is 38.1 Å². The van der Waals surface area contributed by atoms with Crippen LogP contribution in [-0.4, -0.2) is 28.3 Å². The molecule has 1 amide bonds. The number of nitrogens with one attached hydrogen (secondary N) is 2. The van der Waals surface area contributed by atoms with E-state index < -0.39 is 0 Å². The SMILES string of the molecule is CC(C)Oc1ccccc1Nc1ccc(C(=O)NC2CCCC2)nn1. The lowest BCUT2D eigenvalue weighted by molar-refractivity contribution is 0.0932. The highest BCUT2D eigenvalue weighted by Crippen LogP contribution is 2.27. The van der Waals surface area contributed by atoms with Crippen molar-refractivity contribution in [2.24, 2.45) is 0 Å². The van der Waals surface area contributed by atoms with Crippen LogP contribution >= 0.6 is 0 Å². The number of anilines is 2. The molecule has 6 heteroatoms. The van der Waals surface area contributed by atoms with Crippen LogP contribution in [0.5, 0.6) is 5.75 Å². The molecular weight excluding hydrogens is 316 g/mol. The maximum atomic E-state index is 12.2. The van der Waals surface area contributed by atoms with E-state index in [1.165, 1.54) is 12.8 Å². The van der Waals surface area contributed by atoms with E-state index >= 15 is 0 Å². The van der Waals surface area contributed by atoms with Gasteiger partial charge in [0.2, 0.25) is 0 Å². The lowest BCUT2D eigenvalue weighted by Gasteiger charge is -2.15. The number of amides is 1. The summed E-state index contributed by atoms with van der Waals surface area (Å²) in [6, 6.07) is 11.4. The van der Waals surface area contributed by atoms with Crippen LogP contribution < -0.4 is 15.4 Å². The number of para-hydroxylation sites is 2. The summed E-state index contributed by atoms with van der Waals surface area (Å²) in [5.41, 5.74) is 1.15. The first kappa shape index (κ1) is 17.2. The van der Waals surface area contributed by atoms with Gasteiger partial charge in [-0.2, -0.15) is 0 Å². The summed E-state index contributed by atoms with van der Waals surface area (Å²) in [7, 11) is 0. The summed E-state index contributed by atoms with van der Waals surface area (Å²) in [4.78, 5) is 12.2. The Bertz CT molecular complexity index is 710. The Morgan fingerprint density at radius 2 is 1.88 bits per heavy atom. The molecule has 1 saturated carbocycles. The first-order chi connectivity index (χ1) is 12.1. The summed E-state index contributed by atoms with van der Waals surface area (Å²) in [6.45, 7) is 3.96. The number of nitrogens with zero attached hydrogens (tertiary/aromatic N) is 2. The second-order valence-electron chi connectivity index (χ2n) is 6.55. The van der Waals surface area contributed by atoms with E-state index in [4.69, 9.17) is 4.74 Å². The van der Waals surface area contributed by atoms with Gasteiger partial charge in [-0.3, -0.25) is 4.79 Å². The van der Waals surface area contributed by atoms with Gasteiger partial charge in [0, 0.05) is 6.04 Å². The number of carbonyl (C=O) groups is 1. The molecule has 2 N–H and O–H groups in total. The van der Waals surface area contributed by atoms with Gasteiger partial charge in [0.15, 0.2) is 11.5 Å². The minimum atomic E-state index is -0.158. The van der Waals surface area contributed by atoms with Gasteiger partial charge in [-0.05, 0) is 51.0 Å². The zero-order chi connectivity index (χ0) is 17.6. The maximum Gasteiger partial charge on any atom is 0.272 e. The molecule has 2 aromatic rings. The van der Waals surface area contributed by atoms with Crippen molar-refractivity contribution in [3.05, 3.63) is 42.1 Å². The monoisotopic (exact) mass is 340 g/mol. The van der Waals surface area contributed by atoms with E-state index in [0.29, 0.717) is 11.5 Å². The highest BCUT2D eigenvalue weighted by Gasteiger charge is 2.18. The average molecular weight is 340 g/mol. The van der Waals surface area contributed by atoms with Crippen LogP contribution in [-0.2, 0) is 0 Å². The molecule has 25 heavy (non-hydrogen) atoms. The predicted molar refractivity (Wildman–Crippen MR) is 97.2 cm³/mol. The van der Waals surface area contributed by atoms with Crippen molar-refractivity contribution in [1.82, 2.24) is 15.5 Å². The lowest BCUT2D eigenvalue weighted by atomic mass is 10.2.